The number of piperazine rings is 1. The molecule has 28 heavy (non-hydrogen) atoms. The van der Waals surface area contributed by atoms with Gasteiger partial charge in [-0.1, -0.05) is 18.2 Å². The quantitative estimate of drug-likeness (QED) is 0.514. The number of nitrogens with zero attached hydrogens (tertiary/aromatic N) is 3. The molecule has 2 fully saturated rings. The monoisotopic (exact) mass is 403 g/mol. The first-order chi connectivity index (χ1) is 13.6. The topological polar surface area (TPSA) is 60.0 Å². The zero-order chi connectivity index (χ0) is 19.8. The summed E-state index contributed by atoms with van der Waals surface area (Å²) < 4.78 is 0.271. The zero-order valence-electron chi connectivity index (χ0n) is 17.1. The Kier molecular flexibility index (Phi) is 7.62. The van der Waals surface area contributed by atoms with Gasteiger partial charge in [-0.05, 0) is 31.9 Å². The third kappa shape index (κ3) is 6.41. The molecule has 0 bridgehead atoms. The Morgan fingerprint density at radius 3 is 2.46 bits per heavy atom. The molecular weight excluding hydrogens is 370 g/mol. The third-order valence-corrected chi connectivity index (χ3v) is 6.77. The molecule has 1 saturated carbocycles. The van der Waals surface area contributed by atoms with Gasteiger partial charge < -0.3 is 15.5 Å². The molecule has 2 aliphatic rings. The van der Waals surface area contributed by atoms with Gasteiger partial charge in [0.05, 0.1) is 6.54 Å². The summed E-state index contributed by atoms with van der Waals surface area (Å²) >= 11 is 1.96. The van der Waals surface area contributed by atoms with E-state index in [1.807, 2.05) is 16.7 Å². The maximum atomic E-state index is 11.4. The van der Waals surface area contributed by atoms with Crippen molar-refractivity contribution < 1.29 is 4.79 Å². The summed E-state index contributed by atoms with van der Waals surface area (Å²) in [4.78, 5) is 22.0. The first kappa shape index (κ1) is 21.0. The van der Waals surface area contributed by atoms with E-state index in [9.17, 15) is 4.79 Å². The molecule has 1 aromatic rings. The smallest absolute Gasteiger partial charge is 0.219 e. The summed E-state index contributed by atoms with van der Waals surface area (Å²) in [7, 11) is 0. The minimum absolute atomic E-state index is 0.182. The van der Waals surface area contributed by atoms with E-state index in [4.69, 9.17) is 4.99 Å². The Balaban J connectivity index is 1.42. The van der Waals surface area contributed by atoms with Gasteiger partial charge in [0, 0.05) is 62.4 Å². The SMILES string of the molecule is CCNC(=NCC1(Sc2ccccc2)CC1)NCCN1CCN(C(C)=O)CC1. The molecule has 0 aromatic heterocycles. The highest BCUT2D eigenvalue weighted by molar-refractivity contribution is 8.01. The largest absolute Gasteiger partial charge is 0.357 e. The highest BCUT2D eigenvalue weighted by Crippen LogP contribution is 2.51. The fourth-order valence-electron chi connectivity index (χ4n) is 3.35. The minimum Gasteiger partial charge on any atom is -0.357 e. The van der Waals surface area contributed by atoms with Crippen LogP contribution in [0, 0.1) is 0 Å². The van der Waals surface area contributed by atoms with Crippen LogP contribution in [-0.2, 0) is 4.79 Å². The van der Waals surface area contributed by atoms with E-state index in [2.05, 4.69) is 52.8 Å². The second kappa shape index (κ2) is 10.2. The van der Waals surface area contributed by atoms with Crippen molar-refractivity contribution in [3.05, 3.63) is 30.3 Å². The molecule has 154 valence electrons. The fraction of sp³-hybridized carbons (Fsp3) is 0.619. The number of aliphatic imine (C=N–C) groups is 1. The van der Waals surface area contributed by atoms with Crippen LogP contribution in [0.2, 0.25) is 0 Å². The van der Waals surface area contributed by atoms with Crippen LogP contribution in [0.25, 0.3) is 0 Å². The van der Waals surface area contributed by atoms with E-state index < -0.39 is 0 Å². The lowest BCUT2D eigenvalue weighted by Crippen LogP contribution is -2.50. The van der Waals surface area contributed by atoms with Crippen LogP contribution in [0.5, 0.6) is 0 Å². The van der Waals surface area contributed by atoms with Crippen molar-refractivity contribution in [2.75, 3.05) is 52.4 Å². The van der Waals surface area contributed by atoms with E-state index in [1.165, 1.54) is 17.7 Å². The molecule has 0 atom stereocenters. The van der Waals surface area contributed by atoms with E-state index >= 15 is 0 Å². The van der Waals surface area contributed by atoms with Gasteiger partial charge in [0.1, 0.15) is 0 Å². The molecule has 0 unspecified atom stereocenters. The molecule has 2 N–H and O–H groups in total. The van der Waals surface area contributed by atoms with Gasteiger partial charge >= 0.3 is 0 Å². The second-order valence-electron chi connectivity index (χ2n) is 7.57. The first-order valence-corrected chi connectivity index (χ1v) is 11.2. The summed E-state index contributed by atoms with van der Waals surface area (Å²) in [5, 5.41) is 6.84. The highest BCUT2D eigenvalue weighted by Gasteiger charge is 2.43. The van der Waals surface area contributed by atoms with Crippen LogP contribution in [0.1, 0.15) is 26.7 Å². The van der Waals surface area contributed by atoms with Crippen LogP contribution in [0.4, 0.5) is 0 Å². The Bertz CT molecular complexity index is 654. The van der Waals surface area contributed by atoms with E-state index in [0.717, 1.165) is 58.3 Å². The van der Waals surface area contributed by atoms with Crippen LogP contribution in [-0.4, -0.2) is 78.8 Å². The molecule has 7 heteroatoms. The molecule has 1 amide bonds. The van der Waals surface area contributed by atoms with Gasteiger partial charge in [0.25, 0.3) is 0 Å². The first-order valence-electron chi connectivity index (χ1n) is 10.3. The summed E-state index contributed by atoms with van der Waals surface area (Å²) in [6, 6.07) is 10.6. The summed E-state index contributed by atoms with van der Waals surface area (Å²) in [6.07, 6.45) is 2.46. The van der Waals surface area contributed by atoms with Crippen LogP contribution < -0.4 is 10.6 Å². The van der Waals surface area contributed by atoms with E-state index in [-0.39, 0.29) is 10.7 Å². The Hall–Kier alpha value is -1.73. The van der Waals surface area contributed by atoms with Crippen molar-refractivity contribution in [2.24, 2.45) is 4.99 Å². The van der Waals surface area contributed by atoms with Crippen molar-refractivity contribution >= 4 is 23.6 Å². The minimum atomic E-state index is 0.182. The van der Waals surface area contributed by atoms with Gasteiger partial charge in [0.15, 0.2) is 5.96 Å². The molecule has 0 radical (unpaired) electrons. The van der Waals surface area contributed by atoms with Crippen LogP contribution in [0.3, 0.4) is 0 Å². The number of carbonyl (C=O) groups excluding carboxylic acids is 1. The molecule has 1 aliphatic carbocycles. The van der Waals surface area contributed by atoms with Crippen molar-refractivity contribution in [3.8, 4) is 0 Å². The van der Waals surface area contributed by atoms with Crippen molar-refractivity contribution in [3.63, 3.8) is 0 Å². The third-order valence-electron chi connectivity index (χ3n) is 5.29. The lowest BCUT2D eigenvalue weighted by atomic mass is 10.3. The Labute approximate surface area is 173 Å². The molecule has 1 aliphatic heterocycles. The lowest BCUT2D eigenvalue weighted by molar-refractivity contribution is -0.130. The number of amides is 1. The van der Waals surface area contributed by atoms with Crippen LogP contribution in [0.15, 0.2) is 40.2 Å². The Morgan fingerprint density at radius 2 is 1.86 bits per heavy atom. The molecule has 0 spiro atoms. The van der Waals surface area contributed by atoms with Gasteiger partial charge in [0.2, 0.25) is 5.91 Å². The average molecular weight is 404 g/mol. The van der Waals surface area contributed by atoms with Gasteiger partial charge in [-0.25, -0.2) is 0 Å². The van der Waals surface area contributed by atoms with E-state index in [0.29, 0.717) is 0 Å². The number of hydrogen-bond donors (Lipinski definition) is 2. The second-order valence-corrected chi connectivity index (χ2v) is 9.11. The van der Waals surface area contributed by atoms with E-state index in [1.54, 1.807) is 6.92 Å². The molecule has 3 rings (SSSR count). The van der Waals surface area contributed by atoms with Gasteiger partial charge in [-0.2, -0.15) is 0 Å². The molecular formula is C21H33N5OS. The summed E-state index contributed by atoms with van der Waals surface area (Å²) in [5.74, 6) is 1.09. The number of guanidine groups is 1. The Morgan fingerprint density at radius 1 is 1.14 bits per heavy atom. The molecule has 1 saturated heterocycles. The van der Waals surface area contributed by atoms with Gasteiger partial charge in [-0.3, -0.25) is 14.7 Å². The lowest BCUT2D eigenvalue weighted by Gasteiger charge is -2.34. The van der Waals surface area contributed by atoms with Crippen molar-refractivity contribution in [2.45, 2.75) is 36.3 Å². The number of benzene rings is 1. The predicted molar refractivity (Wildman–Crippen MR) is 117 cm³/mol. The number of thioether (sulfide) groups is 1. The summed E-state index contributed by atoms with van der Waals surface area (Å²) in [6.45, 7) is 10.9. The molecule has 1 heterocycles. The molecule has 1 aromatic carbocycles. The number of hydrogen-bond acceptors (Lipinski definition) is 4. The van der Waals surface area contributed by atoms with Crippen LogP contribution >= 0.6 is 11.8 Å². The highest BCUT2D eigenvalue weighted by atomic mass is 32.2. The zero-order valence-corrected chi connectivity index (χ0v) is 17.9. The fourth-order valence-corrected chi connectivity index (χ4v) is 4.58. The standard InChI is InChI=1S/C21H33N5OS/c1-3-22-20(23-11-12-25-13-15-26(16-14-25)18(2)27)24-17-21(9-10-21)28-19-7-5-4-6-8-19/h4-8H,3,9-17H2,1-2H3,(H2,22,23,24). The summed E-state index contributed by atoms with van der Waals surface area (Å²) in [5.41, 5.74) is 0. The van der Waals surface area contributed by atoms with Crippen molar-refractivity contribution in [1.29, 1.82) is 0 Å². The molecule has 6 nitrogen and oxygen atoms in total. The number of carbonyl (C=O) groups is 1. The maximum absolute atomic E-state index is 11.4. The predicted octanol–water partition coefficient (Wildman–Crippen LogP) is 2.03. The number of nitrogens with one attached hydrogen (secondary N) is 2. The number of rotatable bonds is 8. The van der Waals surface area contributed by atoms with Crippen molar-refractivity contribution in [1.82, 2.24) is 20.4 Å². The normalized spacial score (nSPS) is 19.4. The average Bonchev–Trinajstić information content (AvgIpc) is 3.47. The maximum Gasteiger partial charge on any atom is 0.219 e. The van der Waals surface area contributed by atoms with Gasteiger partial charge in [-0.15, -0.1) is 11.8 Å².